The summed E-state index contributed by atoms with van der Waals surface area (Å²) in [5, 5.41) is 0. The molecule has 4 heteroatoms. The summed E-state index contributed by atoms with van der Waals surface area (Å²) >= 11 is 0. The summed E-state index contributed by atoms with van der Waals surface area (Å²) in [6.07, 6.45) is 1.28. The fourth-order valence-corrected chi connectivity index (χ4v) is 1.02. The third kappa shape index (κ3) is 2.30. The third-order valence-electron chi connectivity index (χ3n) is 1.70. The standard InChI is InChI=1S/C8H12O4/c1-2-11-8(10)6-5-7(6)12-4-3-9/h3,6-7H,2,4-5H2,1H3/t6-,7-/m1/s1. The Morgan fingerprint density at radius 2 is 2.42 bits per heavy atom. The topological polar surface area (TPSA) is 52.6 Å². The van der Waals surface area contributed by atoms with Gasteiger partial charge in [0.15, 0.2) is 0 Å². The predicted molar refractivity (Wildman–Crippen MR) is 40.5 cm³/mol. The number of carbonyl (C=O) groups is 2. The van der Waals surface area contributed by atoms with E-state index < -0.39 is 0 Å². The van der Waals surface area contributed by atoms with Crippen molar-refractivity contribution >= 4 is 12.3 Å². The van der Waals surface area contributed by atoms with Crippen molar-refractivity contribution in [3.8, 4) is 0 Å². The molecule has 68 valence electrons. The van der Waals surface area contributed by atoms with Crippen molar-refractivity contribution in [1.82, 2.24) is 0 Å². The van der Waals surface area contributed by atoms with Gasteiger partial charge in [-0.25, -0.2) is 0 Å². The van der Waals surface area contributed by atoms with Gasteiger partial charge in [-0.1, -0.05) is 0 Å². The summed E-state index contributed by atoms with van der Waals surface area (Å²) in [6.45, 7) is 2.23. The maximum Gasteiger partial charge on any atom is 0.311 e. The first-order chi connectivity index (χ1) is 5.79. The van der Waals surface area contributed by atoms with Gasteiger partial charge in [0.1, 0.15) is 12.9 Å². The van der Waals surface area contributed by atoms with Crippen molar-refractivity contribution in [1.29, 1.82) is 0 Å². The molecule has 0 radical (unpaired) electrons. The van der Waals surface area contributed by atoms with Crippen LogP contribution in [0.1, 0.15) is 13.3 Å². The average molecular weight is 172 g/mol. The van der Waals surface area contributed by atoms with E-state index in [0.717, 1.165) is 0 Å². The minimum absolute atomic E-state index is 0.0700. The van der Waals surface area contributed by atoms with Crippen LogP contribution in [0.2, 0.25) is 0 Å². The van der Waals surface area contributed by atoms with Crippen molar-refractivity contribution in [3.05, 3.63) is 0 Å². The number of hydrogen-bond acceptors (Lipinski definition) is 4. The lowest BCUT2D eigenvalue weighted by molar-refractivity contribution is -0.146. The summed E-state index contributed by atoms with van der Waals surface area (Å²) in [5.74, 6) is -0.349. The van der Waals surface area contributed by atoms with E-state index >= 15 is 0 Å². The van der Waals surface area contributed by atoms with Crippen molar-refractivity contribution in [2.45, 2.75) is 19.4 Å². The van der Waals surface area contributed by atoms with Crippen LogP contribution >= 0.6 is 0 Å². The fraction of sp³-hybridized carbons (Fsp3) is 0.750. The first-order valence-corrected chi connectivity index (χ1v) is 4.01. The number of esters is 1. The molecule has 0 N–H and O–H groups in total. The van der Waals surface area contributed by atoms with Crippen molar-refractivity contribution < 1.29 is 19.1 Å². The lowest BCUT2D eigenvalue weighted by Crippen LogP contribution is -2.11. The van der Waals surface area contributed by atoms with E-state index in [1.807, 2.05) is 0 Å². The molecule has 0 bridgehead atoms. The van der Waals surface area contributed by atoms with Crippen molar-refractivity contribution in [2.24, 2.45) is 5.92 Å². The Bertz CT molecular complexity index is 178. The van der Waals surface area contributed by atoms with Gasteiger partial charge >= 0.3 is 5.97 Å². The highest BCUT2D eigenvalue weighted by molar-refractivity contribution is 5.76. The molecule has 1 fully saturated rings. The molecule has 0 saturated heterocycles. The van der Waals surface area contributed by atoms with E-state index in [4.69, 9.17) is 9.47 Å². The molecule has 0 spiro atoms. The SMILES string of the molecule is CCOC(=O)[C@@H]1C[C@H]1OCC=O. The summed E-state index contributed by atoms with van der Waals surface area (Å²) in [7, 11) is 0. The first kappa shape index (κ1) is 9.19. The molecular formula is C8H12O4. The normalized spacial score (nSPS) is 26.4. The zero-order valence-corrected chi connectivity index (χ0v) is 6.99. The van der Waals surface area contributed by atoms with Crippen LogP contribution in [0.25, 0.3) is 0 Å². The molecule has 0 aliphatic heterocycles. The molecule has 1 saturated carbocycles. The fourth-order valence-electron chi connectivity index (χ4n) is 1.02. The molecule has 2 atom stereocenters. The third-order valence-corrected chi connectivity index (χ3v) is 1.70. The van der Waals surface area contributed by atoms with Gasteiger partial charge in [0.25, 0.3) is 0 Å². The second-order valence-electron chi connectivity index (χ2n) is 2.63. The lowest BCUT2D eigenvalue weighted by Gasteiger charge is -1.99. The zero-order chi connectivity index (χ0) is 8.97. The van der Waals surface area contributed by atoms with Crippen LogP contribution in [0, 0.1) is 5.92 Å². The number of ether oxygens (including phenoxy) is 2. The molecular weight excluding hydrogens is 160 g/mol. The first-order valence-electron chi connectivity index (χ1n) is 4.01. The summed E-state index contributed by atoms with van der Waals surface area (Å²) < 4.78 is 9.78. The Labute approximate surface area is 70.8 Å². The molecule has 1 aliphatic carbocycles. The van der Waals surface area contributed by atoms with Crippen LogP contribution in [0.4, 0.5) is 0 Å². The Kier molecular flexibility index (Phi) is 3.22. The van der Waals surface area contributed by atoms with E-state index in [2.05, 4.69) is 0 Å². The Morgan fingerprint density at radius 3 is 3.00 bits per heavy atom. The monoisotopic (exact) mass is 172 g/mol. The number of hydrogen-bond donors (Lipinski definition) is 0. The molecule has 0 amide bonds. The van der Waals surface area contributed by atoms with Gasteiger partial charge in [-0.3, -0.25) is 4.79 Å². The van der Waals surface area contributed by atoms with Crippen molar-refractivity contribution in [3.63, 3.8) is 0 Å². The summed E-state index contributed by atoms with van der Waals surface area (Å²) in [6, 6.07) is 0. The van der Waals surface area contributed by atoms with E-state index in [0.29, 0.717) is 19.3 Å². The Hall–Kier alpha value is -0.900. The molecule has 0 heterocycles. The van der Waals surface area contributed by atoms with Gasteiger partial charge < -0.3 is 14.3 Å². The molecule has 1 aliphatic rings. The van der Waals surface area contributed by atoms with Gasteiger partial charge in [-0.15, -0.1) is 0 Å². The second kappa shape index (κ2) is 4.21. The lowest BCUT2D eigenvalue weighted by atomic mass is 10.4. The molecule has 4 nitrogen and oxygen atoms in total. The van der Waals surface area contributed by atoms with Crippen LogP contribution in [0.5, 0.6) is 0 Å². The van der Waals surface area contributed by atoms with E-state index in [9.17, 15) is 9.59 Å². The molecule has 0 aromatic carbocycles. The molecule has 0 aromatic heterocycles. The second-order valence-corrected chi connectivity index (χ2v) is 2.63. The van der Waals surface area contributed by atoms with Crippen LogP contribution in [0.15, 0.2) is 0 Å². The Balaban J connectivity index is 2.14. The summed E-state index contributed by atoms with van der Waals surface area (Å²) in [5.41, 5.74) is 0. The molecule has 12 heavy (non-hydrogen) atoms. The number of aldehydes is 1. The molecule has 0 unspecified atom stereocenters. The highest BCUT2D eigenvalue weighted by Gasteiger charge is 2.45. The van der Waals surface area contributed by atoms with E-state index in [-0.39, 0.29) is 24.6 Å². The van der Waals surface area contributed by atoms with Gasteiger partial charge in [0.05, 0.1) is 18.6 Å². The van der Waals surface area contributed by atoms with Gasteiger partial charge in [-0.2, -0.15) is 0 Å². The van der Waals surface area contributed by atoms with E-state index in [1.54, 1.807) is 6.92 Å². The van der Waals surface area contributed by atoms with Crippen molar-refractivity contribution in [2.75, 3.05) is 13.2 Å². The highest BCUT2D eigenvalue weighted by Crippen LogP contribution is 2.34. The largest absolute Gasteiger partial charge is 0.466 e. The zero-order valence-electron chi connectivity index (χ0n) is 6.99. The predicted octanol–water partition coefficient (Wildman–Crippen LogP) is 0.153. The summed E-state index contributed by atoms with van der Waals surface area (Å²) in [4.78, 5) is 20.9. The smallest absolute Gasteiger partial charge is 0.311 e. The van der Waals surface area contributed by atoms with Crippen LogP contribution in [-0.2, 0) is 19.1 Å². The van der Waals surface area contributed by atoms with Crippen LogP contribution < -0.4 is 0 Å². The maximum atomic E-state index is 11.0. The van der Waals surface area contributed by atoms with Gasteiger partial charge in [0, 0.05) is 0 Å². The van der Waals surface area contributed by atoms with E-state index in [1.165, 1.54) is 0 Å². The van der Waals surface area contributed by atoms with Crippen LogP contribution in [-0.4, -0.2) is 31.6 Å². The van der Waals surface area contributed by atoms with Gasteiger partial charge in [-0.05, 0) is 13.3 Å². The van der Waals surface area contributed by atoms with Gasteiger partial charge in [0.2, 0.25) is 0 Å². The van der Waals surface area contributed by atoms with Crippen LogP contribution in [0.3, 0.4) is 0 Å². The average Bonchev–Trinajstić information content (AvgIpc) is 2.80. The minimum Gasteiger partial charge on any atom is -0.466 e. The minimum atomic E-state index is -0.214. The Morgan fingerprint density at radius 1 is 1.67 bits per heavy atom. The maximum absolute atomic E-state index is 11.0. The highest BCUT2D eigenvalue weighted by atomic mass is 16.5. The molecule has 1 rings (SSSR count). The number of rotatable bonds is 5. The molecule has 0 aromatic rings. The number of carbonyl (C=O) groups excluding carboxylic acids is 2. The quantitative estimate of drug-likeness (QED) is 0.437.